The highest BCUT2D eigenvalue weighted by Crippen LogP contribution is 2.19. The van der Waals surface area contributed by atoms with E-state index in [9.17, 15) is 9.18 Å². The van der Waals surface area contributed by atoms with Crippen molar-refractivity contribution >= 4 is 17.6 Å². The van der Waals surface area contributed by atoms with E-state index >= 15 is 0 Å². The van der Waals surface area contributed by atoms with Crippen LogP contribution in [0.4, 0.5) is 4.39 Å². The molecule has 0 spiro atoms. The number of aryl methyl sites for hydroxylation is 1. The van der Waals surface area contributed by atoms with Crippen LogP contribution in [0.5, 0.6) is 0 Å². The van der Waals surface area contributed by atoms with E-state index in [0.717, 1.165) is 0 Å². The van der Waals surface area contributed by atoms with Gasteiger partial charge in [0.25, 0.3) is 0 Å². The van der Waals surface area contributed by atoms with Gasteiger partial charge in [-0.3, -0.25) is 0 Å². The Morgan fingerprint density at radius 2 is 2.21 bits per heavy atom. The number of carboxylic acid groups (broad SMARTS) is 1. The van der Waals surface area contributed by atoms with E-state index in [1.807, 2.05) is 0 Å². The van der Waals surface area contributed by atoms with Gasteiger partial charge in [-0.1, -0.05) is 17.7 Å². The summed E-state index contributed by atoms with van der Waals surface area (Å²) >= 11 is 5.91. The number of benzene rings is 1. The molecule has 0 bridgehead atoms. The molecular formula is C13H10ClFN2O2. The second-order valence-electron chi connectivity index (χ2n) is 4.00. The minimum atomic E-state index is -1.07. The molecule has 0 fully saturated rings. The smallest absolute Gasteiger partial charge is 0.339 e. The lowest BCUT2D eigenvalue weighted by molar-refractivity contribution is 0.0695. The summed E-state index contributed by atoms with van der Waals surface area (Å²) in [5.41, 5.74) is 1.13. The van der Waals surface area contributed by atoms with E-state index in [0.29, 0.717) is 28.5 Å². The normalized spacial score (nSPS) is 10.5. The van der Waals surface area contributed by atoms with Gasteiger partial charge in [-0.25, -0.2) is 19.2 Å². The van der Waals surface area contributed by atoms with Crippen LogP contribution < -0.4 is 0 Å². The average Bonchev–Trinajstić information content (AvgIpc) is 2.32. The third-order valence-corrected chi connectivity index (χ3v) is 2.98. The van der Waals surface area contributed by atoms with Crippen LogP contribution in [-0.2, 0) is 6.42 Å². The number of aromatic carboxylic acids is 1. The van der Waals surface area contributed by atoms with E-state index in [1.54, 1.807) is 13.0 Å². The first kappa shape index (κ1) is 13.4. The maximum absolute atomic E-state index is 12.9. The van der Waals surface area contributed by atoms with E-state index < -0.39 is 11.8 Å². The molecule has 0 radical (unpaired) electrons. The predicted octanol–water partition coefficient (Wildman–Crippen LogP) is 2.87. The number of rotatable bonds is 3. The molecule has 0 amide bonds. The number of hydrogen-bond acceptors (Lipinski definition) is 3. The van der Waals surface area contributed by atoms with Crippen LogP contribution in [0.25, 0.3) is 0 Å². The zero-order valence-corrected chi connectivity index (χ0v) is 10.8. The van der Waals surface area contributed by atoms with Crippen molar-refractivity contribution in [2.75, 3.05) is 0 Å². The van der Waals surface area contributed by atoms with Crippen molar-refractivity contribution in [2.45, 2.75) is 13.3 Å². The molecule has 6 heteroatoms. The number of aromatic nitrogens is 2. The van der Waals surface area contributed by atoms with Crippen LogP contribution in [0, 0.1) is 12.7 Å². The van der Waals surface area contributed by atoms with Gasteiger partial charge >= 0.3 is 5.97 Å². The standard InChI is InChI=1S/C13H10ClFN2O2/c1-7-10(13(18)19)6-16-12(17-7)4-8-2-3-9(15)5-11(8)14/h2-3,5-6H,4H2,1H3,(H,18,19). The maximum atomic E-state index is 12.9. The Balaban J connectivity index is 2.29. The summed E-state index contributed by atoms with van der Waals surface area (Å²) in [4.78, 5) is 18.9. The van der Waals surface area contributed by atoms with Crippen molar-refractivity contribution in [3.63, 3.8) is 0 Å². The van der Waals surface area contributed by atoms with Gasteiger partial charge in [-0.2, -0.15) is 0 Å². The monoisotopic (exact) mass is 280 g/mol. The first-order chi connectivity index (χ1) is 8.97. The summed E-state index contributed by atoms with van der Waals surface area (Å²) in [6, 6.07) is 4.08. The predicted molar refractivity (Wildman–Crippen MR) is 67.9 cm³/mol. The Hall–Kier alpha value is -2.01. The zero-order valence-electron chi connectivity index (χ0n) is 10.0. The van der Waals surface area contributed by atoms with Crippen LogP contribution in [0.15, 0.2) is 24.4 Å². The third kappa shape index (κ3) is 3.06. The number of carbonyl (C=O) groups is 1. The topological polar surface area (TPSA) is 63.1 Å². The molecule has 19 heavy (non-hydrogen) atoms. The van der Waals surface area contributed by atoms with Crippen LogP contribution in [0.3, 0.4) is 0 Å². The van der Waals surface area contributed by atoms with Gasteiger partial charge in [0.1, 0.15) is 11.6 Å². The highest BCUT2D eigenvalue weighted by molar-refractivity contribution is 6.31. The molecule has 1 aromatic heterocycles. The molecule has 4 nitrogen and oxygen atoms in total. The molecule has 0 unspecified atom stereocenters. The second-order valence-corrected chi connectivity index (χ2v) is 4.41. The van der Waals surface area contributed by atoms with Crippen molar-refractivity contribution in [3.05, 3.63) is 57.9 Å². The molecule has 0 aliphatic carbocycles. The zero-order chi connectivity index (χ0) is 14.0. The summed E-state index contributed by atoms with van der Waals surface area (Å²) in [6.07, 6.45) is 1.58. The third-order valence-electron chi connectivity index (χ3n) is 2.62. The van der Waals surface area contributed by atoms with E-state index in [2.05, 4.69) is 9.97 Å². The van der Waals surface area contributed by atoms with Gasteiger partial charge in [0.05, 0.1) is 11.3 Å². The molecule has 1 N–H and O–H groups in total. The first-order valence-electron chi connectivity index (χ1n) is 5.47. The Kier molecular flexibility index (Phi) is 3.76. The van der Waals surface area contributed by atoms with Gasteiger partial charge in [0, 0.05) is 17.6 Å². The van der Waals surface area contributed by atoms with Crippen molar-refractivity contribution in [1.82, 2.24) is 9.97 Å². The molecule has 1 heterocycles. The average molecular weight is 281 g/mol. The minimum absolute atomic E-state index is 0.0638. The van der Waals surface area contributed by atoms with Gasteiger partial charge in [0.2, 0.25) is 0 Å². The fourth-order valence-electron chi connectivity index (χ4n) is 1.65. The number of carboxylic acids is 1. The van der Waals surface area contributed by atoms with Crippen molar-refractivity contribution in [3.8, 4) is 0 Å². The Morgan fingerprint density at radius 3 is 2.79 bits per heavy atom. The second kappa shape index (κ2) is 5.32. The van der Waals surface area contributed by atoms with Gasteiger partial charge in [-0.05, 0) is 24.6 Å². The van der Waals surface area contributed by atoms with Crippen molar-refractivity contribution in [2.24, 2.45) is 0 Å². The fourth-order valence-corrected chi connectivity index (χ4v) is 1.88. The van der Waals surface area contributed by atoms with Crippen molar-refractivity contribution < 1.29 is 14.3 Å². The minimum Gasteiger partial charge on any atom is -0.478 e. The fraction of sp³-hybridized carbons (Fsp3) is 0.154. The molecular weight excluding hydrogens is 271 g/mol. The highest BCUT2D eigenvalue weighted by atomic mass is 35.5. The van der Waals surface area contributed by atoms with Crippen molar-refractivity contribution in [1.29, 1.82) is 0 Å². The van der Waals surface area contributed by atoms with Crippen LogP contribution in [-0.4, -0.2) is 21.0 Å². The SMILES string of the molecule is Cc1nc(Cc2ccc(F)cc2Cl)ncc1C(=O)O. The maximum Gasteiger partial charge on any atom is 0.339 e. The summed E-state index contributed by atoms with van der Waals surface area (Å²) in [7, 11) is 0. The molecule has 0 saturated heterocycles. The molecule has 1 aromatic carbocycles. The Labute approximate surface area is 113 Å². The summed E-state index contributed by atoms with van der Waals surface area (Å²) in [6.45, 7) is 1.60. The molecule has 0 aliphatic rings. The lowest BCUT2D eigenvalue weighted by atomic mass is 10.1. The van der Waals surface area contributed by atoms with Gasteiger partial charge in [0.15, 0.2) is 0 Å². The summed E-state index contributed by atoms with van der Waals surface area (Å²) < 4.78 is 12.9. The number of halogens is 2. The molecule has 2 aromatic rings. The quantitative estimate of drug-likeness (QED) is 0.939. The van der Waals surface area contributed by atoms with E-state index in [-0.39, 0.29) is 5.56 Å². The lowest BCUT2D eigenvalue weighted by Gasteiger charge is -2.05. The van der Waals surface area contributed by atoms with Gasteiger partial charge < -0.3 is 5.11 Å². The number of nitrogens with zero attached hydrogens (tertiary/aromatic N) is 2. The van der Waals surface area contributed by atoms with Crippen LogP contribution >= 0.6 is 11.6 Å². The largest absolute Gasteiger partial charge is 0.478 e. The van der Waals surface area contributed by atoms with Crippen LogP contribution in [0.2, 0.25) is 5.02 Å². The molecule has 0 saturated carbocycles. The van der Waals surface area contributed by atoms with E-state index in [4.69, 9.17) is 16.7 Å². The lowest BCUT2D eigenvalue weighted by Crippen LogP contribution is -2.06. The van der Waals surface area contributed by atoms with Gasteiger partial charge in [-0.15, -0.1) is 0 Å². The molecule has 98 valence electrons. The Morgan fingerprint density at radius 1 is 1.47 bits per heavy atom. The van der Waals surface area contributed by atoms with E-state index in [1.165, 1.54) is 18.3 Å². The molecule has 2 rings (SSSR count). The molecule has 0 atom stereocenters. The first-order valence-corrected chi connectivity index (χ1v) is 5.85. The Bertz CT molecular complexity index is 647. The number of hydrogen-bond donors (Lipinski definition) is 1. The van der Waals surface area contributed by atoms with Crippen LogP contribution in [0.1, 0.15) is 27.4 Å². The highest BCUT2D eigenvalue weighted by Gasteiger charge is 2.11. The summed E-state index contributed by atoms with van der Waals surface area (Å²) in [5, 5.41) is 9.17. The molecule has 0 aliphatic heterocycles. The summed E-state index contributed by atoms with van der Waals surface area (Å²) in [5.74, 6) is -1.04.